The summed E-state index contributed by atoms with van der Waals surface area (Å²) < 4.78 is 3.08. The molecule has 1 aromatic carbocycles. The molecule has 0 saturated heterocycles. The average Bonchev–Trinajstić information content (AvgIpc) is 3.37. The van der Waals surface area contributed by atoms with Gasteiger partial charge in [-0.2, -0.15) is 9.36 Å². The Morgan fingerprint density at radius 3 is 2.73 bits per heavy atom. The lowest BCUT2D eigenvalue weighted by Crippen LogP contribution is -2.14. The van der Waals surface area contributed by atoms with E-state index < -0.39 is 0 Å². The summed E-state index contributed by atoms with van der Waals surface area (Å²) in [6.07, 6.45) is 1.45. The number of amides is 1. The molecular weight excluding hydrogens is 354 g/mol. The molecule has 11 heteroatoms. The molecule has 0 spiro atoms. The summed E-state index contributed by atoms with van der Waals surface area (Å²) in [7, 11) is 0. The highest BCUT2D eigenvalue weighted by atomic mass is 32.1. The van der Waals surface area contributed by atoms with Crippen LogP contribution in [0.1, 0.15) is 21.1 Å². The van der Waals surface area contributed by atoms with Gasteiger partial charge in [0, 0.05) is 5.69 Å². The van der Waals surface area contributed by atoms with Crippen LogP contribution >= 0.6 is 11.3 Å². The fourth-order valence-electron chi connectivity index (χ4n) is 2.48. The molecule has 1 N–H and O–H groups in total. The molecule has 26 heavy (non-hydrogen) atoms. The van der Waals surface area contributed by atoms with Crippen molar-refractivity contribution in [3.05, 3.63) is 52.2 Å². The van der Waals surface area contributed by atoms with E-state index in [-0.39, 0.29) is 5.91 Å². The number of aromatic nitrogens is 8. The smallest absolute Gasteiger partial charge is 0.267 e. The van der Waals surface area contributed by atoms with E-state index in [1.165, 1.54) is 22.3 Å². The van der Waals surface area contributed by atoms with Gasteiger partial charge in [-0.3, -0.25) is 4.79 Å². The lowest BCUT2D eigenvalue weighted by molar-refractivity contribution is 0.103. The standard InChI is InChI=1S/C15H13N9OS/c1-9-3-4-11(7-13(9)24-10(2)18-20-22-24)17-15(25)14-12(5-6-26-14)23-8-16-19-21-23/h3-8H,1-2H3,(H,17,25). The number of nitrogens with zero attached hydrogens (tertiary/aromatic N) is 8. The van der Waals surface area contributed by atoms with Gasteiger partial charge in [0.25, 0.3) is 5.91 Å². The van der Waals surface area contributed by atoms with E-state index in [9.17, 15) is 4.79 Å². The summed E-state index contributed by atoms with van der Waals surface area (Å²) in [6.45, 7) is 3.77. The first-order valence-electron chi connectivity index (χ1n) is 7.61. The minimum absolute atomic E-state index is 0.242. The Morgan fingerprint density at radius 2 is 2.00 bits per heavy atom. The molecule has 0 bridgehead atoms. The van der Waals surface area contributed by atoms with Crippen LogP contribution in [0.25, 0.3) is 11.4 Å². The minimum Gasteiger partial charge on any atom is -0.321 e. The molecule has 10 nitrogen and oxygen atoms in total. The molecule has 130 valence electrons. The van der Waals surface area contributed by atoms with E-state index in [4.69, 9.17) is 0 Å². The van der Waals surface area contributed by atoms with Gasteiger partial charge in [0.05, 0.1) is 11.4 Å². The number of anilines is 1. The van der Waals surface area contributed by atoms with Gasteiger partial charge < -0.3 is 5.32 Å². The van der Waals surface area contributed by atoms with Crippen LogP contribution in [0.4, 0.5) is 5.69 Å². The van der Waals surface area contributed by atoms with Crippen LogP contribution in [0, 0.1) is 13.8 Å². The normalized spacial score (nSPS) is 10.8. The maximum absolute atomic E-state index is 12.7. The van der Waals surface area contributed by atoms with Gasteiger partial charge in [-0.15, -0.1) is 21.5 Å². The van der Waals surface area contributed by atoms with Crippen molar-refractivity contribution in [2.75, 3.05) is 5.32 Å². The second-order valence-electron chi connectivity index (χ2n) is 5.48. The second-order valence-corrected chi connectivity index (χ2v) is 6.40. The molecule has 4 rings (SSSR count). The van der Waals surface area contributed by atoms with Crippen LogP contribution in [0.5, 0.6) is 0 Å². The highest BCUT2D eigenvalue weighted by Crippen LogP contribution is 2.23. The molecule has 0 fully saturated rings. The van der Waals surface area contributed by atoms with Crippen molar-refractivity contribution in [1.29, 1.82) is 0 Å². The summed E-state index contributed by atoms with van der Waals surface area (Å²) in [5.74, 6) is 0.421. The largest absolute Gasteiger partial charge is 0.321 e. The van der Waals surface area contributed by atoms with E-state index in [0.717, 1.165) is 11.3 Å². The molecule has 0 radical (unpaired) electrons. The van der Waals surface area contributed by atoms with Gasteiger partial charge in [-0.05, 0) is 63.8 Å². The Kier molecular flexibility index (Phi) is 3.97. The molecule has 0 aliphatic carbocycles. The SMILES string of the molecule is Cc1ccc(NC(=O)c2sccc2-n2cnnn2)cc1-n1nnnc1C. The lowest BCUT2D eigenvalue weighted by Gasteiger charge is -2.10. The number of benzene rings is 1. The third-order valence-electron chi connectivity index (χ3n) is 3.77. The number of rotatable bonds is 4. The van der Waals surface area contributed by atoms with Crippen LogP contribution in [-0.2, 0) is 0 Å². The predicted molar refractivity (Wildman–Crippen MR) is 93.6 cm³/mol. The number of nitrogens with one attached hydrogen (secondary N) is 1. The number of hydrogen-bond donors (Lipinski definition) is 1. The van der Waals surface area contributed by atoms with Crippen molar-refractivity contribution in [3.8, 4) is 11.4 Å². The minimum atomic E-state index is -0.242. The van der Waals surface area contributed by atoms with E-state index >= 15 is 0 Å². The van der Waals surface area contributed by atoms with Gasteiger partial charge in [0.2, 0.25) is 0 Å². The van der Waals surface area contributed by atoms with Gasteiger partial charge in [0.15, 0.2) is 5.82 Å². The number of carbonyl (C=O) groups is 1. The van der Waals surface area contributed by atoms with Crippen LogP contribution in [-0.4, -0.2) is 46.3 Å². The molecule has 0 atom stereocenters. The van der Waals surface area contributed by atoms with Crippen molar-refractivity contribution in [1.82, 2.24) is 40.4 Å². The summed E-state index contributed by atoms with van der Waals surface area (Å²) in [5, 5.41) is 27.3. The zero-order chi connectivity index (χ0) is 18.1. The third-order valence-corrected chi connectivity index (χ3v) is 4.67. The van der Waals surface area contributed by atoms with Gasteiger partial charge >= 0.3 is 0 Å². The van der Waals surface area contributed by atoms with Crippen molar-refractivity contribution in [2.24, 2.45) is 0 Å². The fraction of sp³-hybridized carbons (Fsp3) is 0.133. The first-order valence-corrected chi connectivity index (χ1v) is 8.49. The van der Waals surface area contributed by atoms with E-state index in [1.807, 2.05) is 37.4 Å². The quantitative estimate of drug-likeness (QED) is 0.582. The highest BCUT2D eigenvalue weighted by molar-refractivity contribution is 7.12. The Morgan fingerprint density at radius 1 is 1.12 bits per heavy atom. The topological polar surface area (TPSA) is 116 Å². The Balaban J connectivity index is 1.64. The Hall–Kier alpha value is -3.47. The maximum atomic E-state index is 12.7. The number of tetrazole rings is 2. The lowest BCUT2D eigenvalue weighted by atomic mass is 10.1. The first-order chi connectivity index (χ1) is 12.6. The van der Waals surface area contributed by atoms with E-state index in [1.54, 1.807) is 10.7 Å². The summed E-state index contributed by atoms with van der Waals surface area (Å²) >= 11 is 1.32. The third kappa shape index (κ3) is 2.84. The van der Waals surface area contributed by atoms with Gasteiger partial charge in [0.1, 0.15) is 11.2 Å². The Labute approximate surface area is 151 Å². The number of carbonyl (C=O) groups excluding carboxylic acids is 1. The summed E-state index contributed by atoms with van der Waals surface area (Å²) in [6, 6.07) is 7.37. The molecule has 3 heterocycles. The highest BCUT2D eigenvalue weighted by Gasteiger charge is 2.17. The van der Waals surface area contributed by atoms with Crippen LogP contribution in [0.2, 0.25) is 0 Å². The van der Waals surface area contributed by atoms with E-state index in [0.29, 0.717) is 22.1 Å². The van der Waals surface area contributed by atoms with Crippen LogP contribution < -0.4 is 5.32 Å². The van der Waals surface area contributed by atoms with Crippen molar-refractivity contribution in [2.45, 2.75) is 13.8 Å². The van der Waals surface area contributed by atoms with Gasteiger partial charge in [-0.1, -0.05) is 6.07 Å². The maximum Gasteiger partial charge on any atom is 0.267 e. The van der Waals surface area contributed by atoms with Crippen LogP contribution in [0.3, 0.4) is 0 Å². The predicted octanol–water partition coefficient (Wildman–Crippen LogP) is 1.57. The molecule has 0 aliphatic rings. The second kappa shape index (κ2) is 6.44. The molecule has 0 aliphatic heterocycles. The summed E-state index contributed by atoms with van der Waals surface area (Å²) in [5.41, 5.74) is 3.06. The molecule has 3 aromatic heterocycles. The Bertz CT molecular complexity index is 1070. The first kappa shape index (κ1) is 16.0. The number of hydrogen-bond acceptors (Lipinski definition) is 8. The monoisotopic (exact) mass is 367 g/mol. The molecule has 1 amide bonds. The zero-order valence-corrected chi connectivity index (χ0v) is 14.7. The average molecular weight is 367 g/mol. The molecule has 0 unspecified atom stereocenters. The van der Waals surface area contributed by atoms with E-state index in [2.05, 4.69) is 36.4 Å². The van der Waals surface area contributed by atoms with Crippen molar-refractivity contribution < 1.29 is 4.79 Å². The fourth-order valence-corrected chi connectivity index (χ4v) is 3.26. The summed E-state index contributed by atoms with van der Waals surface area (Å²) in [4.78, 5) is 13.2. The van der Waals surface area contributed by atoms with Crippen molar-refractivity contribution >= 4 is 22.9 Å². The number of aryl methyl sites for hydroxylation is 2. The number of thiophene rings is 1. The molecule has 0 saturated carbocycles. The van der Waals surface area contributed by atoms with Crippen molar-refractivity contribution in [3.63, 3.8) is 0 Å². The zero-order valence-electron chi connectivity index (χ0n) is 13.9. The molecular formula is C15H13N9OS. The molecule has 4 aromatic rings. The van der Waals surface area contributed by atoms with Crippen LogP contribution in [0.15, 0.2) is 36.0 Å². The van der Waals surface area contributed by atoms with Gasteiger partial charge in [-0.25, -0.2) is 0 Å².